The van der Waals surface area contributed by atoms with E-state index < -0.39 is 5.69 Å². The molecule has 3 aromatic heterocycles. The molecule has 0 saturated carbocycles. The van der Waals surface area contributed by atoms with Crippen LogP contribution >= 0.6 is 0 Å². The summed E-state index contributed by atoms with van der Waals surface area (Å²) in [5.41, 5.74) is 4.95. The zero-order chi connectivity index (χ0) is 32.0. The van der Waals surface area contributed by atoms with Gasteiger partial charge >= 0.3 is 5.69 Å². The monoisotopic (exact) mass is 597 g/mol. The summed E-state index contributed by atoms with van der Waals surface area (Å²) >= 11 is 0. The third kappa shape index (κ3) is 5.02. The highest BCUT2D eigenvalue weighted by Gasteiger charge is 2.30. The van der Waals surface area contributed by atoms with Crippen LogP contribution in [0.1, 0.15) is 49.1 Å². The number of hydrogen-bond acceptors (Lipinski definition) is 7. The molecule has 0 spiro atoms. The number of rotatable bonds is 5. The molecule has 1 fully saturated rings. The number of carbonyl (C=O) groups excluding carboxylic acids is 1. The van der Waals surface area contributed by atoms with E-state index in [1.165, 1.54) is 6.08 Å². The first-order chi connectivity index (χ1) is 21.6. The van der Waals surface area contributed by atoms with Crippen molar-refractivity contribution in [3.63, 3.8) is 0 Å². The van der Waals surface area contributed by atoms with Crippen molar-refractivity contribution in [1.82, 2.24) is 24.4 Å². The number of aryl methyl sites for hydroxylation is 2. The highest BCUT2D eigenvalue weighted by molar-refractivity contribution is 6.01. The quantitative estimate of drug-likeness (QED) is 0.235. The fraction of sp³-hybridized carbons (Fsp3) is 0.278. The van der Waals surface area contributed by atoms with Gasteiger partial charge < -0.3 is 9.80 Å². The molecule has 4 heterocycles. The van der Waals surface area contributed by atoms with Crippen molar-refractivity contribution >= 4 is 33.5 Å². The van der Waals surface area contributed by atoms with Crippen LogP contribution in [0.15, 0.2) is 72.2 Å². The molecule has 5 aromatic rings. The van der Waals surface area contributed by atoms with Crippen molar-refractivity contribution in [2.75, 3.05) is 24.5 Å². The van der Waals surface area contributed by atoms with Gasteiger partial charge in [-0.15, -0.1) is 0 Å². The number of fused-ring (bicyclic) bond motifs is 2. The normalized spacial score (nSPS) is 15.1. The second-order valence-corrected chi connectivity index (χ2v) is 11.9. The number of anilines is 1. The van der Waals surface area contributed by atoms with Crippen molar-refractivity contribution in [2.45, 2.75) is 46.6 Å². The van der Waals surface area contributed by atoms with Crippen LogP contribution in [0.5, 0.6) is 0 Å². The zero-order valence-corrected chi connectivity index (χ0v) is 26.2. The number of nitrogens with zero attached hydrogens (tertiary/aromatic N) is 7. The van der Waals surface area contributed by atoms with E-state index in [0.29, 0.717) is 53.4 Å². The van der Waals surface area contributed by atoms with Gasteiger partial charge in [0.25, 0.3) is 0 Å². The lowest BCUT2D eigenvalue weighted by molar-refractivity contribution is -0.126. The van der Waals surface area contributed by atoms with E-state index in [-0.39, 0.29) is 17.9 Å². The fourth-order valence-electron chi connectivity index (χ4n) is 6.45. The molecular weight excluding hydrogens is 562 g/mol. The van der Waals surface area contributed by atoms with Crippen LogP contribution in [0, 0.1) is 25.2 Å². The summed E-state index contributed by atoms with van der Waals surface area (Å²) < 4.78 is 1.56. The second kappa shape index (κ2) is 11.6. The zero-order valence-electron chi connectivity index (χ0n) is 26.2. The Hall–Kier alpha value is -5.36. The van der Waals surface area contributed by atoms with Gasteiger partial charge in [-0.2, -0.15) is 10.2 Å². The SMILES string of the molecule is C=CC(=O)N1CCN(c2nc(=O)n(-c3c(C)ccnc3C(C)C)c3nc(-c4cccc5cccc(C)c45)c(C#N)cc23)C(C)C1. The summed E-state index contributed by atoms with van der Waals surface area (Å²) in [7, 11) is 0. The smallest absolute Gasteiger partial charge is 0.350 e. The van der Waals surface area contributed by atoms with Gasteiger partial charge in [0.2, 0.25) is 5.91 Å². The molecule has 1 atom stereocenters. The fourth-order valence-corrected chi connectivity index (χ4v) is 6.45. The minimum absolute atomic E-state index is 0.0237. The molecule has 0 N–H and O–H groups in total. The summed E-state index contributed by atoms with van der Waals surface area (Å²) in [6.07, 6.45) is 3.07. The van der Waals surface area contributed by atoms with Gasteiger partial charge in [0, 0.05) is 37.4 Å². The number of pyridine rings is 2. The number of carbonyl (C=O) groups is 1. The highest BCUT2D eigenvalue weighted by Crippen LogP contribution is 2.36. The van der Waals surface area contributed by atoms with Gasteiger partial charge in [0.1, 0.15) is 11.9 Å². The Morgan fingerprint density at radius 1 is 1.09 bits per heavy atom. The van der Waals surface area contributed by atoms with Gasteiger partial charge in [0.15, 0.2) is 5.65 Å². The van der Waals surface area contributed by atoms with Crippen LogP contribution in [0.3, 0.4) is 0 Å². The van der Waals surface area contributed by atoms with E-state index in [9.17, 15) is 14.9 Å². The molecule has 1 saturated heterocycles. The van der Waals surface area contributed by atoms with Gasteiger partial charge in [-0.05, 0) is 66.8 Å². The van der Waals surface area contributed by atoms with Crippen LogP contribution in [0.25, 0.3) is 38.8 Å². The topological polar surface area (TPSA) is 108 Å². The van der Waals surface area contributed by atoms with Crippen molar-refractivity contribution in [3.8, 4) is 23.0 Å². The maximum atomic E-state index is 14.2. The molecule has 2 aromatic carbocycles. The van der Waals surface area contributed by atoms with Crippen LogP contribution < -0.4 is 10.6 Å². The molecule has 0 aliphatic carbocycles. The predicted octanol–water partition coefficient (Wildman–Crippen LogP) is 5.83. The van der Waals surface area contributed by atoms with E-state index in [0.717, 1.165) is 33.2 Å². The summed E-state index contributed by atoms with van der Waals surface area (Å²) in [5.74, 6) is 0.337. The van der Waals surface area contributed by atoms with E-state index in [1.807, 2.05) is 88.0 Å². The first kappa shape index (κ1) is 29.7. The lowest BCUT2D eigenvalue weighted by Crippen LogP contribution is -2.54. The molecule has 0 bridgehead atoms. The standard InChI is InChI=1S/C36H35N7O2/c1-7-29(44)41-16-17-42(24(6)20-41)34-28-18-26(19-37)32(27-13-9-12-25-11-8-10-22(4)30(25)27)39-35(28)43(36(45)40-34)33-23(5)14-15-38-31(33)21(2)3/h7-15,18,21,24H,1,16-17,20H2,2-6H3. The van der Waals surface area contributed by atoms with E-state index in [4.69, 9.17) is 4.98 Å². The summed E-state index contributed by atoms with van der Waals surface area (Å²) in [4.78, 5) is 44.9. The third-order valence-electron chi connectivity index (χ3n) is 8.65. The number of benzene rings is 2. The molecule has 1 aliphatic rings. The minimum Gasteiger partial charge on any atom is -0.350 e. The van der Waals surface area contributed by atoms with Crippen LogP contribution in [0.2, 0.25) is 0 Å². The maximum absolute atomic E-state index is 14.2. The van der Waals surface area contributed by atoms with Crippen molar-refractivity contribution in [2.24, 2.45) is 0 Å². The van der Waals surface area contributed by atoms with Gasteiger partial charge in [-0.25, -0.2) is 14.3 Å². The van der Waals surface area contributed by atoms with E-state index >= 15 is 0 Å². The number of piperazine rings is 1. The van der Waals surface area contributed by atoms with Crippen LogP contribution in [-0.4, -0.2) is 56.0 Å². The number of hydrogen-bond donors (Lipinski definition) is 0. The van der Waals surface area contributed by atoms with Crippen LogP contribution in [0.4, 0.5) is 5.82 Å². The number of aromatic nitrogens is 4. The van der Waals surface area contributed by atoms with Gasteiger partial charge in [-0.1, -0.05) is 56.8 Å². The van der Waals surface area contributed by atoms with Crippen molar-refractivity contribution in [3.05, 3.63) is 100 Å². The van der Waals surface area contributed by atoms with Crippen molar-refractivity contribution < 1.29 is 4.79 Å². The van der Waals surface area contributed by atoms with Crippen LogP contribution in [-0.2, 0) is 4.79 Å². The lowest BCUT2D eigenvalue weighted by Gasteiger charge is -2.40. The molecule has 6 rings (SSSR count). The first-order valence-corrected chi connectivity index (χ1v) is 15.1. The van der Waals surface area contributed by atoms with E-state index in [1.54, 1.807) is 15.7 Å². The largest absolute Gasteiger partial charge is 0.355 e. The Balaban J connectivity index is 1.70. The average molecular weight is 598 g/mol. The molecule has 9 nitrogen and oxygen atoms in total. The molecule has 45 heavy (non-hydrogen) atoms. The molecule has 226 valence electrons. The summed E-state index contributed by atoms with van der Waals surface area (Å²) in [6, 6.07) is 18.0. The van der Waals surface area contributed by atoms with Gasteiger partial charge in [0.05, 0.1) is 28.0 Å². The molecule has 0 radical (unpaired) electrons. The van der Waals surface area contributed by atoms with Gasteiger partial charge in [-0.3, -0.25) is 9.78 Å². The minimum atomic E-state index is -0.482. The first-order valence-electron chi connectivity index (χ1n) is 15.1. The number of nitriles is 1. The highest BCUT2D eigenvalue weighted by atomic mass is 16.2. The summed E-state index contributed by atoms with van der Waals surface area (Å²) in [6.45, 7) is 15.1. The average Bonchev–Trinajstić information content (AvgIpc) is 3.03. The molecule has 1 aliphatic heterocycles. The third-order valence-corrected chi connectivity index (χ3v) is 8.65. The van der Waals surface area contributed by atoms with E-state index in [2.05, 4.69) is 22.6 Å². The molecule has 1 amide bonds. The predicted molar refractivity (Wildman–Crippen MR) is 178 cm³/mol. The van der Waals surface area contributed by atoms with Crippen molar-refractivity contribution in [1.29, 1.82) is 5.26 Å². The Morgan fingerprint density at radius 3 is 2.53 bits per heavy atom. The Morgan fingerprint density at radius 2 is 1.84 bits per heavy atom. The second-order valence-electron chi connectivity index (χ2n) is 11.9. The Labute approximate surface area is 262 Å². The number of amides is 1. The maximum Gasteiger partial charge on any atom is 0.355 e. The molecule has 1 unspecified atom stereocenters. The molecular formula is C36H35N7O2. The Kier molecular flexibility index (Phi) is 7.67. The molecule has 9 heteroatoms. The Bertz CT molecular complexity index is 2100. The lowest BCUT2D eigenvalue weighted by atomic mass is 9.95. The summed E-state index contributed by atoms with van der Waals surface area (Å²) in [5, 5.41) is 13.1.